The van der Waals surface area contributed by atoms with Gasteiger partial charge in [-0.05, 0) is 103 Å². The third-order valence-electron chi connectivity index (χ3n) is 11.4. The summed E-state index contributed by atoms with van der Waals surface area (Å²) in [6, 6.07) is 27.5. The van der Waals surface area contributed by atoms with Crippen LogP contribution in [0.2, 0.25) is 0 Å². The van der Waals surface area contributed by atoms with Gasteiger partial charge in [0.15, 0.2) is 5.82 Å². The first kappa shape index (κ1) is 49.0. The fourth-order valence-corrected chi connectivity index (χ4v) is 11.7. The summed E-state index contributed by atoms with van der Waals surface area (Å²) >= 11 is 0. The van der Waals surface area contributed by atoms with Crippen LogP contribution in [0.3, 0.4) is 0 Å². The standard InChI is InChI=1S/C48H52N10O10S2/c1-48(2,3)68-47(60)56-25-24-33(29-56)54-69(61,62)40-23-22-37(38-8-7-9-39-42(38)51-46(50-39)44(49)59)41(45-52-55-58(53-45)28-32-14-20-36(67-6)21-15-32)43(40)70(63,64)57(26-30-10-16-34(65-4)17-11-30)27-31-12-18-35(66-5)19-13-31/h7-23,33,54H,24-29H2,1-6H3,(H2,49,59)(H,50,51)/t33-/m0/s1. The summed E-state index contributed by atoms with van der Waals surface area (Å²) in [5, 5.41) is 13.5. The van der Waals surface area contributed by atoms with Gasteiger partial charge in [-0.3, -0.25) is 4.79 Å². The first-order chi connectivity index (χ1) is 33.3. The predicted molar refractivity (Wildman–Crippen MR) is 258 cm³/mol. The highest BCUT2D eigenvalue weighted by Gasteiger charge is 2.40. The number of hydrogen-bond acceptors (Lipinski definition) is 14. The molecular weight excluding hydrogens is 941 g/mol. The molecular formula is C48H52N10O10S2. The Labute approximate surface area is 404 Å². The number of tetrazole rings is 1. The van der Waals surface area contributed by atoms with E-state index in [1.165, 1.54) is 40.4 Å². The minimum Gasteiger partial charge on any atom is -0.497 e. The van der Waals surface area contributed by atoms with E-state index in [0.717, 1.165) is 5.56 Å². The molecule has 70 heavy (non-hydrogen) atoms. The summed E-state index contributed by atoms with van der Waals surface area (Å²) in [6.45, 7) is 4.92. The molecule has 7 aromatic rings. The molecule has 1 atom stereocenters. The summed E-state index contributed by atoms with van der Waals surface area (Å²) in [5.41, 5.74) is 7.52. The molecule has 22 heteroatoms. The van der Waals surface area contributed by atoms with Crippen molar-refractivity contribution in [2.24, 2.45) is 5.73 Å². The number of sulfonamides is 2. The zero-order chi connectivity index (χ0) is 50.0. The van der Waals surface area contributed by atoms with Crippen LogP contribution in [0.15, 0.2) is 113 Å². The van der Waals surface area contributed by atoms with E-state index in [-0.39, 0.29) is 73.0 Å². The molecule has 0 saturated carbocycles. The van der Waals surface area contributed by atoms with E-state index in [0.29, 0.717) is 33.9 Å². The molecule has 20 nitrogen and oxygen atoms in total. The fourth-order valence-electron chi connectivity index (χ4n) is 8.00. The maximum Gasteiger partial charge on any atom is 0.410 e. The number of aromatic nitrogens is 6. The van der Waals surface area contributed by atoms with Crippen molar-refractivity contribution in [3.8, 4) is 39.8 Å². The van der Waals surface area contributed by atoms with E-state index in [2.05, 4.69) is 25.0 Å². The van der Waals surface area contributed by atoms with Crippen molar-refractivity contribution in [2.75, 3.05) is 34.4 Å². The number of H-pyrrole nitrogens is 1. The molecule has 3 heterocycles. The van der Waals surface area contributed by atoms with Crippen LogP contribution in [0.5, 0.6) is 17.2 Å². The van der Waals surface area contributed by atoms with E-state index in [1.807, 2.05) is 0 Å². The molecule has 1 aliphatic rings. The van der Waals surface area contributed by atoms with Gasteiger partial charge in [0.1, 0.15) is 32.6 Å². The first-order valence-corrected chi connectivity index (χ1v) is 24.9. The number of nitrogens with two attached hydrogens (primary N) is 1. The minimum absolute atomic E-state index is 0.0488. The molecule has 2 aromatic heterocycles. The highest BCUT2D eigenvalue weighted by atomic mass is 32.2. The molecule has 8 rings (SSSR count). The molecule has 0 aliphatic carbocycles. The zero-order valence-corrected chi connectivity index (χ0v) is 40.9. The summed E-state index contributed by atoms with van der Waals surface area (Å²) in [5.74, 6) is 0.453. The van der Waals surface area contributed by atoms with Gasteiger partial charge in [-0.15, -0.1) is 10.2 Å². The lowest BCUT2D eigenvalue weighted by atomic mass is 9.98. The number of likely N-dealkylation sites (tertiary alicyclic amines) is 1. The summed E-state index contributed by atoms with van der Waals surface area (Å²) in [6.07, 6.45) is -0.412. The van der Waals surface area contributed by atoms with Gasteiger partial charge in [-0.2, -0.15) is 9.10 Å². The van der Waals surface area contributed by atoms with Crippen LogP contribution in [0.1, 0.15) is 54.5 Å². The molecule has 4 N–H and O–H groups in total. The maximum absolute atomic E-state index is 16.2. The number of hydrogen-bond donors (Lipinski definition) is 3. The third kappa shape index (κ3) is 10.7. The van der Waals surface area contributed by atoms with Crippen molar-refractivity contribution in [3.63, 3.8) is 0 Å². The van der Waals surface area contributed by atoms with E-state index >= 15 is 16.8 Å². The van der Waals surface area contributed by atoms with Gasteiger partial charge in [-0.1, -0.05) is 54.6 Å². The van der Waals surface area contributed by atoms with E-state index in [1.54, 1.807) is 119 Å². The highest BCUT2D eigenvalue weighted by Crippen LogP contribution is 2.43. The molecule has 0 radical (unpaired) electrons. The lowest BCUT2D eigenvalue weighted by Gasteiger charge is -2.27. The van der Waals surface area contributed by atoms with Crippen molar-refractivity contribution < 1.29 is 45.4 Å². The van der Waals surface area contributed by atoms with Crippen LogP contribution < -0.4 is 24.7 Å². The normalized spacial score (nSPS) is 14.3. The molecule has 1 saturated heterocycles. The van der Waals surface area contributed by atoms with Gasteiger partial charge in [-0.25, -0.2) is 31.3 Å². The third-order valence-corrected chi connectivity index (χ3v) is 15.0. The Hall–Kier alpha value is -7.40. The second kappa shape index (κ2) is 19.9. The van der Waals surface area contributed by atoms with Crippen molar-refractivity contribution >= 4 is 43.1 Å². The van der Waals surface area contributed by atoms with Crippen molar-refractivity contribution in [1.29, 1.82) is 0 Å². The average Bonchev–Trinajstić information content (AvgIpc) is 4.12. The van der Waals surface area contributed by atoms with Gasteiger partial charge in [0.2, 0.25) is 25.9 Å². The monoisotopic (exact) mass is 992 g/mol. The Morgan fingerprint density at radius 1 is 0.800 bits per heavy atom. The van der Waals surface area contributed by atoms with Crippen LogP contribution >= 0.6 is 0 Å². The molecule has 1 fully saturated rings. The predicted octanol–water partition coefficient (Wildman–Crippen LogP) is 5.74. The van der Waals surface area contributed by atoms with Crippen LogP contribution in [-0.2, 0) is 44.4 Å². The zero-order valence-electron chi connectivity index (χ0n) is 39.2. The fraction of sp³-hybridized carbons (Fsp3) is 0.292. The van der Waals surface area contributed by atoms with Crippen LogP contribution in [0, 0.1) is 0 Å². The minimum atomic E-state index is -5.02. The molecule has 5 aromatic carbocycles. The van der Waals surface area contributed by atoms with Gasteiger partial charge in [0.05, 0.1) is 44.5 Å². The average molecular weight is 993 g/mol. The number of para-hydroxylation sites is 1. The Morgan fingerprint density at radius 2 is 1.39 bits per heavy atom. The number of primary amides is 1. The molecule has 0 unspecified atom stereocenters. The topological polar surface area (TPSA) is 256 Å². The van der Waals surface area contributed by atoms with Gasteiger partial charge in [0, 0.05) is 37.8 Å². The number of rotatable bonds is 17. The van der Waals surface area contributed by atoms with Gasteiger partial charge >= 0.3 is 6.09 Å². The largest absolute Gasteiger partial charge is 0.497 e. The molecule has 2 amide bonds. The van der Waals surface area contributed by atoms with Crippen LogP contribution in [0.25, 0.3) is 33.5 Å². The van der Waals surface area contributed by atoms with Crippen LogP contribution in [-0.4, -0.2) is 114 Å². The second-order valence-electron chi connectivity index (χ2n) is 17.5. The lowest BCUT2D eigenvalue weighted by molar-refractivity contribution is 0.0291. The van der Waals surface area contributed by atoms with Gasteiger partial charge < -0.3 is 34.6 Å². The number of imidazole rings is 1. The first-order valence-electron chi connectivity index (χ1n) is 22.0. The summed E-state index contributed by atoms with van der Waals surface area (Å²) in [4.78, 5) is 34.3. The number of aromatic amines is 1. The van der Waals surface area contributed by atoms with Crippen molar-refractivity contribution in [2.45, 2.75) is 68.3 Å². The number of nitrogens with zero attached hydrogens (tertiary/aromatic N) is 7. The number of benzene rings is 5. The molecule has 1 aliphatic heterocycles. The number of ether oxygens (including phenoxy) is 4. The van der Waals surface area contributed by atoms with Crippen molar-refractivity contribution in [3.05, 3.63) is 126 Å². The quantitative estimate of drug-likeness (QED) is 0.0985. The molecule has 0 bridgehead atoms. The number of methoxy groups -OCH3 is 3. The van der Waals surface area contributed by atoms with Crippen LogP contribution in [0.4, 0.5) is 4.79 Å². The molecule has 0 spiro atoms. The van der Waals surface area contributed by atoms with E-state index < -0.39 is 53.5 Å². The molecule has 366 valence electrons. The Kier molecular flexibility index (Phi) is 13.9. The number of amides is 2. The Morgan fingerprint density at radius 3 is 1.94 bits per heavy atom. The Balaban J connectivity index is 1.36. The number of fused-ring (bicyclic) bond motifs is 1. The van der Waals surface area contributed by atoms with Crippen molar-refractivity contribution in [1.82, 2.24) is 44.1 Å². The van der Waals surface area contributed by atoms with E-state index in [9.17, 15) is 9.59 Å². The van der Waals surface area contributed by atoms with E-state index in [4.69, 9.17) is 29.8 Å². The highest BCUT2D eigenvalue weighted by molar-refractivity contribution is 7.92. The number of nitrogens with one attached hydrogen (secondary N) is 2. The smallest absolute Gasteiger partial charge is 0.410 e. The summed E-state index contributed by atoms with van der Waals surface area (Å²) < 4.78 is 88.2. The number of carbonyl (C=O) groups excluding carboxylic acids is 2. The lowest BCUT2D eigenvalue weighted by Crippen LogP contribution is -2.41. The summed E-state index contributed by atoms with van der Waals surface area (Å²) in [7, 11) is -5.25. The number of carbonyl (C=O) groups is 2. The second-order valence-corrected chi connectivity index (χ2v) is 21.0. The SMILES string of the molecule is COc1ccc(CN(Cc2ccc(OC)cc2)S(=O)(=O)c2c(S(=O)(=O)N[C@H]3CCN(C(=O)OC(C)(C)C)C3)ccc(-c3cccc4[nH]c(C(N)=O)nc34)c2-c2nnn(Cc3ccc(OC)cc3)n2)cc1. The maximum atomic E-state index is 16.2. The van der Waals surface area contributed by atoms with Gasteiger partial charge in [0.25, 0.3) is 5.91 Å². The Bertz CT molecular complexity index is 3220.